The van der Waals surface area contributed by atoms with Crippen molar-refractivity contribution in [3.63, 3.8) is 0 Å². The molecule has 0 atom stereocenters. The van der Waals surface area contributed by atoms with Crippen LogP contribution in [0.1, 0.15) is 5.56 Å². The van der Waals surface area contributed by atoms with Gasteiger partial charge in [-0.15, -0.1) is 11.3 Å². The second kappa shape index (κ2) is 7.64. The number of thiophene rings is 1. The normalized spacial score (nSPS) is 12.3. The van der Waals surface area contributed by atoms with Crippen molar-refractivity contribution in [3.05, 3.63) is 76.2 Å². The van der Waals surface area contributed by atoms with E-state index in [9.17, 15) is 9.59 Å². The average Bonchev–Trinajstić information content (AvgIpc) is 3.42. The van der Waals surface area contributed by atoms with Gasteiger partial charge in [-0.05, 0) is 23.3 Å². The molecule has 1 N–H and O–H groups in total. The van der Waals surface area contributed by atoms with Crippen LogP contribution >= 0.6 is 11.3 Å². The fraction of sp³-hybridized carbons (Fsp3) is 0.136. The largest absolute Gasteiger partial charge is 0.454 e. The van der Waals surface area contributed by atoms with Crippen molar-refractivity contribution in [2.24, 2.45) is 0 Å². The topological polar surface area (TPSA) is 82.5 Å². The second-order valence-corrected chi connectivity index (χ2v) is 7.70. The number of hydrogen-bond acceptors (Lipinski definition) is 6. The van der Waals surface area contributed by atoms with Gasteiger partial charge in [0.25, 0.3) is 5.56 Å². The molecule has 1 aliphatic rings. The highest BCUT2D eigenvalue weighted by Gasteiger charge is 2.16. The third kappa shape index (κ3) is 3.42. The summed E-state index contributed by atoms with van der Waals surface area (Å²) in [5, 5.41) is 5.30. The summed E-state index contributed by atoms with van der Waals surface area (Å²) in [6, 6.07) is 15.2. The molecular weight excluding hydrogens is 402 g/mol. The number of carbonyl (C=O) groups is 1. The minimum absolute atomic E-state index is 0.101. The molecule has 2 aromatic heterocycles. The van der Waals surface area contributed by atoms with Gasteiger partial charge >= 0.3 is 0 Å². The van der Waals surface area contributed by atoms with Crippen LogP contribution in [0.15, 0.2) is 65.0 Å². The van der Waals surface area contributed by atoms with Gasteiger partial charge in [-0.3, -0.25) is 14.2 Å². The van der Waals surface area contributed by atoms with Crippen molar-refractivity contribution in [1.29, 1.82) is 0 Å². The first-order valence-corrected chi connectivity index (χ1v) is 10.2. The van der Waals surface area contributed by atoms with E-state index in [-0.39, 0.29) is 24.8 Å². The lowest BCUT2D eigenvalue weighted by Gasteiger charge is -2.08. The Kier molecular flexibility index (Phi) is 4.68. The number of nitrogens with zero attached hydrogens (tertiary/aromatic N) is 2. The molecule has 0 aliphatic carbocycles. The van der Waals surface area contributed by atoms with E-state index in [0.29, 0.717) is 28.3 Å². The third-order valence-corrected chi connectivity index (χ3v) is 5.77. The number of rotatable bonds is 5. The van der Waals surface area contributed by atoms with E-state index in [1.54, 1.807) is 0 Å². The van der Waals surface area contributed by atoms with Crippen molar-refractivity contribution in [3.8, 4) is 22.6 Å². The highest BCUT2D eigenvalue weighted by Crippen LogP contribution is 2.32. The van der Waals surface area contributed by atoms with Crippen molar-refractivity contribution in [2.75, 3.05) is 6.79 Å². The first kappa shape index (κ1) is 18.4. The number of carbonyl (C=O) groups excluding carboxylic acids is 1. The Morgan fingerprint density at radius 2 is 1.97 bits per heavy atom. The quantitative estimate of drug-likeness (QED) is 0.537. The molecule has 0 unspecified atom stereocenters. The van der Waals surface area contributed by atoms with Gasteiger partial charge in [0.2, 0.25) is 12.7 Å². The lowest BCUT2D eigenvalue weighted by Crippen LogP contribution is -2.32. The smallest absolute Gasteiger partial charge is 0.263 e. The van der Waals surface area contributed by atoms with E-state index in [0.717, 1.165) is 16.7 Å². The van der Waals surface area contributed by atoms with Crippen LogP contribution in [0.4, 0.5) is 0 Å². The summed E-state index contributed by atoms with van der Waals surface area (Å²) in [7, 11) is 0. The molecule has 3 heterocycles. The van der Waals surface area contributed by atoms with Gasteiger partial charge in [-0.25, -0.2) is 4.98 Å². The zero-order chi connectivity index (χ0) is 20.5. The minimum atomic E-state index is -0.271. The minimum Gasteiger partial charge on any atom is -0.454 e. The first-order valence-electron chi connectivity index (χ1n) is 9.36. The van der Waals surface area contributed by atoms with Crippen molar-refractivity contribution < 1.29 is 14.3 Å². The van der Waals surface area contributed by atoms with Crippen molar-refractivity contribution >= 4 is 27.5 Å². The van der Waals surface area contributed by atoms with Gasteiger partial charge in [-0.2, -0.15) is 0 Å². The fourth-order valence-corrected chi connectivity index (χ4v) is 4.28. The van der Waals surface area contributed by atoms with E-state index in [4.69, 9.17) is 9.47 Å². The standard InChI is InChI=1S/C22H17N3O4S/c26-19(23-9-14-6-7-17-18(8-14)29-13-28-17)10-25-12-24-21-20(22(25)27)16(11-30-21)15-4-2-1-3-5-15/h1-8,11-12H,9-10,13H2,(H,23,26). The van der Waals surface area contributed by atoms with E-state index >= 15 is 0 Å². The Bertz CT molecular complexity index is 1300. The van der Waals surface area contributed by atoms with Crippen LogP contribution < -0.4 is 20.3 Å². The summed E-state index contributed by atoms with van der Waals surface area (Å²) in [6.07, 6.45) is 1.43. The predicted molar refractivity (Wildman–Crippen MR) is 114 cm³/mol. The predicted octanol–water partition coefficient (Wildman–Crippen LogP) is 3.17. The Hall–Kier alpha value is -3.65. The van der Waals surface area contributed by atoms with Crippen LogP contribution in [0.3, 0.4) is 0 Å². The van der Waals surface area contributed by atoms with Crippen LogP contribution in [0.5, 0.6) is 11.5 Å². The lowest BCUT2D eigenvalue weighted by atomic mass is 10.1. The van der Waals surface area contributed by atoms with Gasteiger partial charge in [0.15, 0.2) is 11.5 Å². The maximum Gasteiger partial charge on any atom is 0.263 e. The van der Waals surface area contributed by atoms with Gasteiger partial charge < -0.3 is 14.8 Å². The Morgan fingerprint density at radius 3 is 2.83 bits per heavy atom. The van der Waals surface area contributed by atoms with E-state index in [1.165, 1.54) is 22.2 Å². The molecule has 30 heavy (non-hydrogen) atoms. The molecule has 7 nitrogen and oxygen atoms in total. The van der Waals surface area contributed by atoms with Crippen LogP contribution in [-0.2, 0) is 17.9 Å². The fourth-order valence-electron chi connectivity index (χ4n) is 3.37. The molecule has 1 amide bonds. The summed E-state index contributed by atoms with van der Waals surface area (Å²) in [4.78, 5) is 30.5. The first-order chi connectivity index (χ1) is 14.7. The van der Waals surface area contributed by atoms with E-state index in [1.807, 2.05) is 53.9 Å². The number of benzene rings is 2. The maximum absolute atomic E-state index is 13.0. The van der Waals surface area contributed by atoms with Crippen LogP contribution in [0, 0.1) is 0 Å². The number of nitrogens with one attached hydrogen (secondary N) is 1. The molecule has 0 radical (unpaired) electrons. The number of aromatic nitrogens is 2. The Morgan fingerprint density at radius 1 is 1.13 bits per heavy atom. The summed E-state index contributed by atoms with van der Waals surface area (Å²) in [5.41, 5.74) is 2.45. The van der Waals surface area contributed by atoms with E-state index in [2.05, 4.69) is 10.3 Å². The highest BCUT2D eigenvalue weighted by molar-refractivity contribution is 7.17. The number of hydrogen-bond donors (Lipinski definition) is 1. The zero-order valence-corrected chi connectivity index (χ0v) is 16.6. The molecule has 0 saturated carbocycles. The molecule has 0 spiro atoms. The van der Waals surface area contributed by atoms with Crippen LogP contribution in [-0.4, -0.2) is 22.3 Å². The molecule has 0 bridgehead atoms. The monoisotopic (exact) mass is 419 g/mol. The summed E-state index contributed by atoms with van der Waals surface area (Å²) in [5.74, 6) is 1.09. The zero-order valence-electron chi connectivity index (χ0n) is 15.8. The molecule has 2 aromatic carbocycles. The highest BCUT2D eigenvalue weighted by atomic mass is 32.1. The van der Waals surface area contributed by atoms with Gasteiger partial charge in [0.05, 0.1) is 11.7 Å². The van der Waals surface area contributed by atoms with E-state index < -0.39 is 0 Å². The van der Waals surface area contributed by atoms with Gasteiger partial charge in [-0.1, -0.05) is 36.4 Å². The summed E-state index contributed by atoms with van der Waals surface area (Å²) in [6.45, 7) is 0.432. The average molecular weight is 419 g/mol. The SMILES string of the molecule is O=C(Cn1cnc2scc(-c3ccccc3)c2c1=O)NCc1ccc2c(c1)OCO2. The van der Waals surface area contributed by atoms with Gasteiger partial charge in [0.1, 0.15) is 11.4 Å². The van der Waals surface area contributed by atoms with Crippen molar-refractivity contribution in [2.45, 2.75) is 13.1 Å². The van der Waals surface area contributed by atoms with Crippen molar-refractivity contribution in [1.82, 2.24) is 14.9 Å². The van der Waals surface area contributed by atoms with Gasteiger partial charge in [0, 0.05) is 17.5 Å². The van der Waals surface area contributed by atoms with Crippen LogP contribution in [0.2, 0.25) is 0 Å². The molecular formula is C22H17N3O4S. The molecule has 4 aromatic rings. The van der Waals surface area contributed by atoms with Crippen LogP contribution in [0.25, 0.3) is 21.3 Å². The Labute approximate surface area is 175 Å². The third-order valence-electron chi connectivity index (χ3n) is 4.89. The molecule has 1 aliphatic heterocycles. The molecule has 5 rings (SSSR count). The number of ether oxygens (including phenoxy) is 2. The number of amides is 1. The number of fused-ring (bicyclic) bond motifs is 2. The Balaban J connectivity index is 1.34. The summed E-state index contributed by atoms with van der Waals surface area (Å²) < 4.78 is 12.0. The molecule has 150 valence electrons. The molecule has 0 fully saturated rings. The summed E-state index contributed by atoms with van der Waals surface area (Å²) >= 11 is 1.42. The lowest BCUT2D eigenvalue weighted by molar-refractivity contribution is -0.121. The maximum atomic E-state index is 13.0. The second-order valence-electron chi connectivity index (χ2n) is 6.84. The molecule has 8 heteroatoms. The molecule has 0 saturated heterocycles.